The molecule has 53 heavy (non-hydrogen) atoms. The standard InChI is InChI=1S/C40H45N9O4/c1-25(8-7-16-49-17-15-43-40(49)41)37(51)45-34(22-33-26(2)18-32(50)19-27(33)3)38(52)46-35(21-31-23-42-24-44-31)39-47-36(48-53-39)20-28-11-13-30(14-12-28)29-9-5-4-6-10-29/h4-6,9-15,17-19,23-25,34-35,50H,7-8,16,20-22H2,1-3H3,(H2,41,43)(H,42,44)(H,45,51)(H,46,52)/t25-,34+,35+/m1/s1. The van der Waals surface area contributed by atoms with Gasteiger partial charge in [-0.2, -0.15) is 4.98 Å². The quantitative estimate of drug-likeness (QED) is 0.0874. The SMILES string of the molecule is Cc1cc(O)cc(C)c1C[C@H](NC(=O)[C@H](C)CCCn1ccnc1N)C(=O)N[C@@H](Cc1cnc[nH]1)c1nc(Cc2ccc(-c3ccccc3)cc2)no1. The number of phenolic OH excluding ortho intramolecular Hbond substituents is 1. The zero-order valence-electron chi connectivity index (χ0n) is 30.1. The lowest BCUT2D eigenvalue weighted by Crippen LogP contribution is -2.50. The molecule has 0 unspecified atom stereocenters. The van der Waals surface area contributed by atoms with Crippen LogP contribution in [0.3, 0.4) is 0 Å². The minimum atomic E-state index is -0.939. The van der Waals surface area contributed by atoms with Crippen LogP contribution in [0, 0.1) is 19.8 Å². The Morgan fingerprint density at radius 2 is 1.72 bits per heavy atom. The number of aromatic nitrogens is 6. The Morgan fingerprint density at radius 3 is 2.40 bits per heavy atom. The largest absolute Gasteiger partial charge is 0.508 e. The van der Waals surface area contributed by atoms with Crippen molar-refractivity contribution in [3.63, 3.8) is 0 Å². The Kier molecular flexibility index (Phi) is 11.6. The summed E-state index contributed by atoms with van der Waals surface area (Å²) in [6.45, 7) is 6.22. The third-order valence-corrected chi connectivity index (χ3v) is 9.45. The number of aromatic amines is 1. The molecular formula is C40H45N9O4. The number of aromatic hydroxyl groups is 1. The molecule has 6 N–H and O–H groups in total. The Hall–Kier alpha value is -6.24. The number of amides is 2. The summed E-state index contributed by atoms with van der Waals surface area (Å²) in [5.74, 6) is 0.235. The molecule has 0 radical (unpaired) electrons. The van der Waals surface area contributed by atoms with Crippen molar-refractivity contribution in [1.29, 1.82) is 0 Å². The van der Waals surface area contributed by atoms with Gasteiger partial charge in [0.25, 0.3) is 0 Å². The number of nitrogens with one attached hydrogen (secondary N) is 3. The van der Waals surface area contributed by atoms with Crippen LogP contribution in [-0.4, -0.2) is 52.6 Å². The van der Waals surface area contributed by atoms with E-state index in [4.69, 9.17) is 15.2 Å². The maximum atomic E-state index is 14.2. The van der Waals surface area contributed by atoms with Gasteiger partial charge in [0, 0.05) is 56.0 Å². The summed E-state index contributed by atoms with van der Waals surface area (Å²) in [6.07, 6.45) is 8.90. The Balaban J connectivity index is 1.19. The van der Waals surface area contributed by atoms with Crippen molar-refractivity contribution in [2.75, 3.05) is 5.73 Å². The average molecular weight is 716 g/mol. The van der Waals surface area contributed by atoms with Crippen LogP contribution in [0.4, 0.5) is 5.95 Å². The highest BCUT2D eigenvalue weighted by Crippen LogP contribution is 2.24. The van der Waals surface area contributed by atoms with E-state index in [0.29, 0.717) is 44.0 Å². The number of phenols is 1. The van der Waals surface area contributed by atoms with Gasteiger partial charge in [-0.05, 0) is 72.2 Å². The van der Waals surface area contributed by atoms with E-state index in [2.05, 4.69) is 55.0 Å². The monoisotopic (exact) mass is 715 g/mol. The molecule has 0 spiro atoms. The predicted molar refractivity (Wildman–Crippen MR) is 200 cm³/mol. The van der Waals surface area contributed by atoms with Crippen molar-refractivity contribution >= 4 is 17.8 Å². The minimum absolute atomic E-state index is 0.139. The highest BCUT2D eigenvalue weighted by Gasteiger charge is 2.30. The van der Waals surface area contributed by atoms with E-state index < -0.39 is 18.0 Å². The summed E-state index contributed by atoms with van der Waals surface area (Å²) in [6, 6.07) is 20.0. The van der Waals surface area contributed by atoms with Crippen molar-refractivity contribution in [3.8, 4) is 16.9 Å². The fourth-order valence-corrected chi connectivity index (χ4v) is 6.45. The molecule has 274 valence electrons. The van der Waals surface area contributed by atoms with Gasteiger partial charge in [0.2, 0.25) is 17.7 Å². The fraction of sp³-hybridized carbons (Fsp3) is 0.300. The number of nitrogen functional groups attached to an aromatic ring is 1. The van der Waals surface area contributed by atoms with Gasteiger partial charge in [0.15, 0.2) is 11.8 Å². The number of hydrogen-bond acceptors (Lipinski definition) is 9. The van der Waals surface area contributed by atoms with Crippen LogP contribution in [0.5, 0.6) is 5.75 Å². The average Bonchev–Trinajstić information content (AvgIpc) is 3.93. The second kappa shape index (κ2) is 16.9. The molecule has 0 aliphatic carbocycles. The lowest BCUT2D eigenvalue weighted by Gasteiger charge is -2.24. The number of hydrogen-bond donors (Lipinski definition) is 5. The molecule has 0 aliphatic heterocycles. The topological polar surface area (TPSA) is 190 Å². The normalized spacial score (nSPS) is 13.0. The van der Waals surface area contributed by atoms with Gasteiger partial charge < -0.3 is 35.5 Å². The number of carbonyl (C=O) groups is 2. The van der Waals surface area contributed by atoms with E-state index in [1.54, 1.807) is 37.1 Å². The molecule has 3 heterocycles. The van der Waals surface area contributed by atoms with Gasteiger partial charge >= 0.3 is 0 Å². The number of nitrogens with two attached hydrogens (primary N) is 1. The molecule has 0 saturated carbocycles. The highest BCUT2D eigenvalue weighted by molar-refractivity contribution is 5.89. The lowest BCUT2D eigenvalue weighted by molar-refractivity contribution is -0.131. The number of aryl methyl sites for hydroxylation is 3. The Bertz CT molecular complexity index is 2080. The molecular weight excluding hydrogens is 670 g/mol. The first kappa shape index (κ1) is 36.5. The van der Waals surface area contributed by atoms with Crippen LogP contribution in [0.2, 0.25) is 0 Å². The van der Waals surface area contributed by atoms with E-state index in [1.807, 2.05) is 55.7 Å². The number of nitrogens with zero attached hydrogens (tertiary/aromatic N) is 5. The molecule has 6 rings (SSSR count). The zero-order chi connectivity index (χ0) is 37.3. The first-order valence-corrected chi connectivity index (χ1v) is 17.7. The molecule has 6 aromatic rings. The van der Waals surface area contributed by atoms with Gasteiger partial charge in [0.05, 0.1) is 6.33 Å². The van der Waals surface area contributed by atoms with Crippen molar-refractivity contribution in [2.45, 2.75) is 71.5 Å². The molecule has 13 nitrogen and oxygen atoms in total. The van der Waals surface area contributed by atoms with Crippen LogP contribution in [0.15, 0.2) is 96.2 Å². The number of imidazole rings is 2. The van der Waals surface area contributed by atoms with E-state index in [0.717, 1.165) is 39.1 Å². The number of H-pyrrole nitrogens is 1. The second-order valence-electron chi connectivity index (χ2n) is 13.5. The van der Waals surface area contributed by atoms with E-state index in [1.165, 1.54) is 0 Å². The molecule has 3 aromatic heterocycles. The van der Waals surface area contributed by atoms with Crippen molar-refractivity contribution in [2.24, 2.45) is 5.92 Å². The summed E-state index contributed by atoms with van der Waals surface area (Å²) >= 11 is 0. The van der Waals surface area contributed by atoms with E-state index in [-0.39, 0.29) is 29.9 Å². The van der Waals surface area contributed by atoms with Crippen LogP contribution in [-0.2, 0) is 35.4 Å². The van der Waals surface area contributed by atoms with Crippen molar-refractivity contribution in [1.82, 2.24) is 40.3 Å². The molecule has 3 aromatic carbocycles. The minimum Gasteiger partial charge on any atom is -0.508 e. The van der Waals surface area contributed by atoms with Crippen LogP contribution >= 0.6 is 0 Å². The van der Waals surface area contributed by atoms with Gasteiger partial charge in [0.1, 0.15) is 17.8 Å². The van der Waals surface area contributed by atoms with Crippen LogP contribution in [0.25, 0.3) is 11.1 Å². The van der Waals surface area contributed by atoms with Gasteiger partial charge in [-0.25, -0.2) is 9.97 Å². The maximum Gasteiger partial charge on any atom is 0.249 e. The summed E-state index contributed by atoms with van der Waals surface area (Å²) in [4.78, 5) is 43.8. The summed E-state index contributed by atoms with van der Waals surface area (Å²) in [7, 11) is 0. The van der Waals surface area contributed by atoms with Crippen molar-refractivity contribution < 1.29 is 19.2 Å². The second-order valence-corrected chi connectivity index (χ2v) is 13.5. The van der Waals surface area contributed by atoms with Gasteiger partial charge in [-0.3, -0.25) is 9.59 Å². The molecule has 0 aliphatic rings. The van der Waals surface area contributed by atoms with Crippen molar-refractivity contribution in [3.05, 3.63) is 131 Å². The summed E-state index contributed by atoms with van der Waals surface area (Å²) < 4.78 is 7.59. The van der Waals surface area contributed by atoms with Gasteiger partial charge in [-0.1, -0.05) is 66.7 Å². The van der Waals surface area contributed by atoms with Crippen LogP contribution in [0.1, 0.15) is 65.5 Å². The third-order valence-electron chi connectivity index (χ3n) is 9.45. The summed E-state index contributed by atoms with van der Waals surface area (Å²) in [5, 5.41) is 20.5. The highest BCUT2D eigenvalue weighted by atomic mass is 16.5. The number of rotatable bonds is 16. The number of benzene rings is 3. The van der Waals surface area contributed by atoms with Crippen LogP contribution < -0.4 is 16.4 Å². The fourth-order valence-electron chi connectivity index (χ4n) is 6.45. The Morgan fingerprint density at radius 1 is 0.981 bits per heavy atom. The molecule has 0 bridgehead atoms. The molecule has 13 heteroatoms. The molecule has 0 fully saturated rings. The summed E-state index contributed by atoms with van der Waals surface area (Å²) in [5.41, 5.74) is 12.4. The molecule has 3 atom stereocenters. The third kappa shape index (κ3) is 9.56. The Labute approximate surface area is 308 Å². The maximum absolute atomic E-state index is 14.2. The van der Waals surface area contributed by atoms with E-state index in [9.17, 15) is 14.7 Å². The number of anilines is 1. The first-order chi connectivity index (χ1) is 25.6. The van der Waals surface area contributed by atoms with E-state index >= 15 is 0 Å². The first-order valence-electron chi connectivity index (χ1n) is 17.7. The molecule has 2 amide bonds. The zero-order valence-corrected chi connectivity index (χ0v) is 30.1. The van der Waals surface area contributed by atoms with Gasteiger partial charge in [-0.15, -0.1) is 0 Å². The molecule has 0 saturated heterocycles. The lowest BCUT2D eigenvalue weighted by atomic mass is 9.94. The smallest absolute Gasteiger partial charge is 0.249 e. The number of carbonyl (C=O) groups excluding carboxylic acids is 2. The predicted octanol–water partition coefficient (Wildman–Crippen LogP) is 5.40.